The number of hydrogen-bond acceptors (Lipinski definition) is 0. The molecule has 1 heterocycles. The maximum atomic E-state index is 5.73. The summed E-state index contributed by atoms with van der Waals surface area (Å²) in [7, 11) is 0. The average Bonchev–Trinajstić information content (AvgIpc) is 2.07. The fourth-order valence-corrected chi connectivity index (χ4v) is 1.80. The highest BCUT2D eigenvalue weighted by atomic mass is 16.3. The lowest BCUT2D eigenvalue weighted by Gasteiger charge is -2.07. The normalized spacial score (nSPS) is 15.8. The molecule has 1 aliphatic carbocycles. The minimum absolute atomic E-state index is 1.08. The zero-order valence-corrected chi connectivity index (χ0v) is 7.81. The van der Waals surface area contributed by atoms with E-state index in [0.717, 1.165) is 12.2 Å². The van der Waals surface area contributed by atoms with Gasteiger partial charge in [-0.15, -0.1) is 0 Å². The van der Waals surface area contributed by atoms with Crippen LogP contribution in [0.2, 0.25) is 0 Å². The Hall–Kier alpha value is -0.850. The molecule has 0 amide bonds. The number of hydrogen-bond donors (Lipinski definition) is 0. The van der Waals surface area contributed by atoms with Crippen molar-refractivity contribution in [1.29, 1.82) is 0 Å². The Bertz CT molecular complexity index is 271. The summed E-state index contributed by atoms with van der Waals surface area (Å²) >= 11 is 0. The van der Waals surface area contributed by atoms with Crippen molar-refractivity contribution in [1.82, 2.24) is 0 Å². The maximum absolute atomic E-state index is 5.73. The molecule has 0 spiro atoms. The van der Waals surface area contributed by atoms with Crippen LogP contribution in [-0.2, 0) is 12.8 Å². The molecule has 12 heavy (non-hydrogen) atoms. The van der Waals surface area contributed by atoms with Gasteiger partial charge in [0.25, 0.3) is 0 Å². The van der Waals surface area contributed by atoms with E-state index in [2.05, 4.69) is 13.0 Å². The van der Waals surface area contributed by atoms with Gasteiger partial charge in [-0.25, -0.2) is 4.42 Å². The summed E-state index contributed by atoms with van der Waals surface area (Å²) in [5.74, 6) is 2.31. The Morgan fingerprint density at radius 3 is 2.75 bits per heavy atom. The van der Waals surface area contributed by atoms with E-state index in [-0.39, 0.29) is 0 Å². The summed E-state index contributed by atoms with van der Waals surface area (Å²) in [5.41, 5.74) is 2.72. The van der Waals surface area contributed by atoms with E-state index in [9.17, 15) is 0 Å². The highest BCUT2D eigenvalue weighted by molar-refractivity contribution is 5.27. The lowest BCUT2D eigenvalue weighted by Crippen LogP contribution is -2.03. The molecule has 0 aromatic carbocycles. The van der Waals surface area contributed by atoms with E-state index in [1.807, 2.05) is 6.92 Å². The second-order valence-electron chi connectivity index (χ2n) is 3.64. The van der Waals surface area contributed by atoms with Crippen molar-refractivity contribution in [2.24, 2.45) is 0 Å². The Labute approximate surface area is 73.4 Å². The smallest absolute Gasteiger partial charge is 0.218 e. The molecule has 0 bridgehead atoms. The molecule has 0 atom stereocenters. The number of rotatable bonds is 0. The third-order valence-corrected chi connectivity index (χ3v) is 2.68. The molecular weight excluding hydrogens is 148 g/mol. The van der Waals surface area contributed by atoms with Crippen LogP contribution in [0.1, 0.15) is 35.5 Å². The van der Waals surface area contributed by atoms with E-state index in [0.29, 0.717) is 0 Å². The van der Waals surface area contributed by atoms with Gasteiger partial charge in [0, 0.05) is 5.56 Å². The molecule has 1 aromatic heterocycles. The summed E-state index contributed by atoms with van der Waals surface area (Å²) in [6.45, 7) is 4.16. The SMILES string of the molecule is Cc1cc2c([o+]c1C)CCCC2. The van der Waals surface area contributed by atoms with E-state index >= 15 is 0 Å². The summed E-state index contributed by atoms with van der Waals surface area (Å²) < 4.78 is 5.73. The molecule has 0 saturated heterocycles. The van der Waals surface area contributed by atoms with Crippen molar-refractivity contribution in [3.8, 4) is 0 Å². The molecule has 0 saturated carbocycles. The second-order valence-corrected chi connectivity index (χ2v) is 3.64. The molecular formula is C11H15O+. The van der Waals surface area contributed by atoms with Crippen molar-refractivity contribution in [2.45, 2.75) is 39.5 Å². The third kappa shape index (κ3) is 1.24. The quantitative estimate of drug-likeness (QED) is 0.535. The predicted octanol–water partition coefficient (Wildman–Crippen LogP) is 3.06. The topological polar surface area (TPSA) is 11.3 Å². The average molecular weight is 163 g/mol. The first-order valence-corrected chi connectivity index (χ1v) is 4.69. The van der Waals surface area contributed by atoms with Crippen molar-refractivity contribution < 1.29 is 4.42 Å². The summed E-state index contributed by atoms with van der Waals surface area (Å²) in [4.78, 5) is 0. The highest BCUT2D eigenvalue weighted by Gasteiger charge is 2.22. The molecule has 0 fully saturated rings. The van der Waals surface area contributed by atoms with Gasteiger partial charge in [-0.1, -0.05) is 0 Å². The van der Waals surface area contributed by atoms with Crippen molar-refractivity contribution in [3.05, 3.63) is 28.7 Å². The molecule has 1 aromatic rings. The highest BCUT2D eigenvalue weighted by Crippen LogP contribution is 2.23. The fraction of sp³-hybridized carbons (Fsp3) is 0.545. The minimum atomic E-state index is 1.08. The largest absolute Gasteiger partial charge is 0.332 e. The zero-order valence-electron chi connectivity index (χ0n) is 7.81. The van der Waals surface area contributed by atoms with Crippen LogP contribution in [-0.4, -0.2) is 0 Å². The van der Waals surface area contributed by atoms with Gasteiger partial charge in [-0.05, 0) is 32.3 Å². The first-order chi connectivity index (χ1) is 5.77. The van der Waals surface area contributed by atoms with Gasteiger partial charge in [-0.3, -0.25) is 0 Å². The molecule has 64 valence electrons. The maximum Gasteiger partial charge on any atom is 0.332 e. The van der Waals surface area contributed by atoms with Gasteiger partial charge >= 0.3 is 11.5 Å². The molecule has 1 heteroatoms. The predicted molar refractivity (Wildman–Crippen MR) is 49.2 cm³/mol. The number of fused-ring (bicyclic) bond motifs is 1. The molecule has 1 aliphatic rings. The van der Waals surface area contributed by atoms with E-state index in [1.165, 1.54) is 36.1 Å². The number of aryl methyl sites for hydroxylation is 4. The first-order valence-electron chi connectivity index (χ1n) is 4.69. The molecule has 0 aliphatic heterocycles. The van der Waals surface area contributed by atoms with Crippen LogP contribution >= 0.6 is 0 Å². The van der Waals surface area contributed by atoms with E-state index in [4.69, 9.17) is 4.42 Å². The van der Waals surface area contributed by atoms with Crippen LogP contribution in [0.3, 0.4) is 0 Å². The Morgan fingerprint density at radius 1 is 1.17 bits per heavy atom. The van der Waals surface area contributed by atoms with Crippen LogP contribution in [0.4, 0.5) is 0 Å². The van der Waals surface area contributed by atoms with Gasteiger partial charge in [0.2, 0.25) is 0 Å². The molecule has 0 radical (unpaired) electrons. The standard InChI is InChI=1S/C11H15O/c1-8-7-10-5-3-4-6-11(10)12-9(8)2/h7H,3-6H2,1-2H3/q+1. The van der Waals surface area contributed by atoms with Crippen LogP contribution in [0.15, 0.2) is 10.5 Å². The lowest BCUT2D eigenvalue weighted by atomic mass is 9.96. The summed E-state index contributed by atoms with van der Waals surface area (Å²) in [6, 6.07) is 2.29. The molecule has 2 rings (SSSR count). The van der Waals surface area contributed by atoms with Gasteiger partial charge in [0.05, 0.1) is 18.9 Å². The second kappa shape index (κ2) is 2.89. The Morgan fingerprint density at radius 2 is 1.92 bits per heavy atom. The van der Waals surface area contributed by atoms with Crippen molar-refractivity contribution >= 4 is 0 Å². The van der Waals surface area contributed by atoms with Gasteiger partial charge in [0.1, 0.15) is 0 Å². The Kier molecular flexibility index (Phi) is 1.87. The monoisotopic (exact) mass is 163 g/mol. The van der Waals surface area contributed by atoms with Gasteiger partial charge < -0.3 is 0 Å². The molecule has 0 unspecified atom stereocenters. The summed E-state index contributed by atoms with van der Waals surface area (Å²) in [5, 5.41) is 0. The van der Waals surface area contributed by atoms with Crippen LogP contribution < -0.4 is 0 Å². The van der Waals surface area contributed by atoms with Crippen LogP contribution in [0.25, 0.3) is 0 Å². The van der Waals surface area contributed by atoms with E-state index in [1.54, 1.807) is 0 Å². The fourth-order valence-electron chi connectivity index (χ4n) is 1.80. The van der Waals surface area contributed by atoms with Crippen molar-refractivity contribution in [2.75, 3.05) is 0 Å². The van der Waals surface area contributed by atoms with Crippen LogP contribution in [0.5, 0.6) is 0 Å². The lowest BCUT2D eigenvalue weighted by molar-refractivity contribution is 0.429. The molecule has 0 N–H and O–H groups in total. The first kappa shape index (κ1) is 7.78. The van der Waals surface area contributed by atoms with E-state index < -0.39 is 0 Å². The van der Waals surface area contributed by atoms with Gasteiger partial charge in [-0.2, -0.15) is 0 Å². The van der Waals surface area contributed by atoms with Gasteiger partial charge in [0.15, 0.2) is 0 Å². The molecule has 1 nitrogen and oxygen atoms in total. The third-order valence-electron chi connectivity index (χ3n) is 2.68. The zero-order chi connectivity index (χ0) is 8.55. The summed E-state index contributed by atoms with van der Waals surface area (Å²) in [6.07, 6.45) is 4.96. The minimum Gasteiger partial charge on any atom is -0.218 e. The van der Waals surface area contributed by atoms with Crippen molar-refractivity contribution in [3.63, 3.8) is 0 Å². The Balaban J connectivity index is 2.49. The van der Waals surface area contributed by atoms with Crippen LogP contribution in [0, 0.1) is 13.8 Å².